The van der Waals surface area contributed by atoms with Crippen LogP contribution in [-0.2, 0) is 27.9 Å². The molecule has 0 unspecified atom stereocenters. The third-order valence-electron chi connectivity index (χ3n) is 4.22. The van der Waals surface area contributed by atoms with E-state index in [9.17, 15) is 0 Å². The van der Waals surface area contributed by atoms with Crippen LogP contribution in [0.4, 0.5) is 0 Å². The molecular weight excluding hydrogens is 273 g/mol. The molecule has 0 radical (unpaired) electrons. The molecule has 0 aliphatic carbocycles. The van der Waals surface area contributed by atoms with Gasteiger partial charge in [0.25, 0.3) is 0 Å². The number of hydrogen-bond acceptors (Lipinski definition) is 6. The molecule has 3 saturated heterocycles. The molecule has 0 bridgehead atoms. The summed E-state index contributed by atoms with van der Waals surface area (Å²) in [6.45, 7) is 7.06. The molecule has 0 spiro atoms. The van der Waals surface area contributed by atoms with Gasteiger partial charge in [-0.1, -0.05) is 20.8 Å². The Bertz CT molecular complexity index is 319. The zero-order valence-corrected chi connectivity index (χ0v) is 13.0. The first kappa shape index (κ1) is 15.8. The molecule has 0 N–H and O–H groups in total. The van der Waals surface area contributed by atoms with E-state index >= 15 is 0 Å². The van der Waals surface area contributed by atoms with Gasteiger partial charge in [-0.05, 0) is 19.0 Å². The predicted octanol–water partition coefficient (Wildman–Crippen LogP) is 1.13. The van der Waals surface area contributed by atoms with E-state index in [0.717, 1.165) is 19.0 Å². The fourth-order valence-corrected chi connectivity index (χ4v) is 3.05. The highest BCUT2D eigenvalue weighted by Gasteiger charge is 2.51. The molecule has 3 rings (SSSR count). The van der Waals surface area contributed by atoms with Gasteiger partial charge in [0, 0.05) is 0 Å². The Morgan fingerprint density at radius 1 is 0.667 bits per heavy atom. The van der Waals surface area contributed by atoms with E-state index in [4.69, 9.17) is 27.9 Å². The summed E-state index contributed by atoms with van der Waals surface area (Å²) in [6.07, 6.45) is 1.86. The second-order valence-corrected chi connectivity index (χ2v) is 5.73. The molecule has 0 saturated carbocycles. The molecule has 0 amide bonds. The zero-order chi connectivity index (χ0) is 14.8. The van der Waals surface area contributed by atoms with Gasteiger partial charge >= 0.3 is 21.4 Å². The molecule has 116 valence electrons. The van der Waals surface area contributed by atoms with E-state index in [-0.39, 0.29) is 45.8 Å². The Morgan fingerprint density at radius 2 is 1.10 bits per heavy atom. The monoisotopic (exact) mass is 296 g/mol. The van der Waals surface area contributed by atoms with Crippen LogP contribution < -0.4 is 0 Å². The third-order valence-corrected chi connectivity index (χ3v) is 4.22. The van der Waals surface area contributed by atoms with Crippen LogP contribution in [0.25, 0.3) is 0 Å². The third kappa shape index (κ3) is 3.33. The molecule has 0 aromatic rings. The van der Waals surface area contributed by atoms with Crippen LogP contribution in [0.3, 0.4) is 0 Å². The van der Waals surface area contributed by atoms with Crippen molar-refractivity contribution in [3.05, 3.63) is 0 Å². The molecule has 4 atom stereocenters. The smallest absolute Gasteiger partial charge is 0.408 e. The average Bonchev–Trinajstić information content (AvgIpc) is 3.10. The summed E-state index contributed by atoms with van der Waals surface area (Å²) in [5.74, 6) is 0. The topological polar surface area (TPSA) is 55.4 Å². The van der Waals surface area contributed by atoms with Gasteiger partial charge < -0.3 is 27.9 Å². The van der Waals surface area contributed by atoms with Crippen molar-refractivity contribution < 1.29 is 27.9 Å². The molecule has 0 aromatic carbocycles. The first-order valence-electron chi connectivity index (χ1n) is 8.10. The Morgan fingerprint density at radius 3 is 1.48 bits per heavy atom. The van der Waals surface area contributed by atoms with E-state index in [1.807, 2.05) is 20.8 Å². The highest BCUT2D eigenvalue weighted by Crippen LogP contribution is 2.32. The maximum absolute atomic E-state index is 6.02. The molecule has 9 heteroatoms. The van der Waals surface area contributed by atoms with E-state index in [2.05, 4.69) is 0 Å². The van der Waals surface area contributed by atoms with Crippen molar-refractivity contribution in [2.24, 2.45) is 0 Å². The minimum absolute atomic E-state index is 0.127. The Kier molecular flexibility index (Phi) is 5.29. The summed E-state index contributed by atoms with van der Waals surface area (Å²) in [6, 6.07) is 0. The first-order chi connectivity index (χ1) is 10.2. The highest BCUT2D eigenvalue weighted by molar-refractivity contribution is 6.46. The summed E-state index contributed by atoms with van der Waals surface area (Å²) in [5.41, 5.74) is 0. The molecule has 3 fully saturated rings. The van der Waals surface area contributed by atoms with Crippen molar-refractivity contribution in [2.75, 3.05) is 13.2 Å². The fraction of sp³-hybridized carbons (Fsp3) is 1.00. The number of hydrogen-bond donors (Lipinski definition) is 0. The quantitative estimate of drug-likeness (QED) is 0.728. The van der Waals surface area contributed by atoms with E-state index in [0.29, 0.717) is 13.2 Å². The van der Waals surface area contributed by atoms with Crippen LogP contribution in [-0.4, -0.2) is 59.0 Å². The van der Waals surface area contributed by atoms with E-state index in [1.54, 1.807) is 0 Å². The molecular formula is C12H23B3O6. The van der Waals surface area contributed by atoms with Gasteiger partial charge in [-0.25, -0.2) is 0 Å². The van der Waals surface area contributed by atoms with Gasteiger partial charge in [-0.2, -0.15) is 0 Å². The Hall–Kier alpha value is -0.0452. The lowest BCUT2D eigenvalue weighted by Crippen LogP contribution is -2.43. The van der Waals surface area contributed by atoms with Gasteiger partial charge in [0.15, 0.2) is 0 Å². The molecule has 3 aliphatic rings. The van der Waals surface area contributed by atoms with Gasteiger partial charge in [-0.3, -0.25) is 0 Å². The largest absolute Gasteiger partial charge is 0.457 e. The Balaban J connectivity index is 1.77. The van der Waals surface area contributed by atoms with Crippen LogP contribution in [0.15, 0.2) is 0 Å². The molecule has 3 aliphatic heterocycles. The maximum Gasteiger partial charge on any atom is 0.457 e. The first-order valence-corrected chi connectivity index (χ1v) is 8.10. The van der Waals surface area contributed by atoms with Gasteiger partial charge in [-0.15, -0.1) is 0 Å². The van der Waals surface area contributed by atoms with Crippen LogP contribution in [0, 0.1) is 0 Å². The summed E-state index contributed by atoms with van der Waals surface area (Å²) in [7, 11) is -0.596. The average molecular weight is 296 g/mol. The van der Waals surface area contributed by atoms with Crippen molar-refractivity contribution in [3.63, 3.8) is 0 Å². The summed E-state index contributed by atoms with van der Waals surface area (Å²) < 4.78 is 35.5. The minimum atomic E-state index is -0.224. The summed E-state index contributed by atoms with van der Waals surface area (Å²) in [5, 5.41) is 0. The van der Waals surface area contributed by atoms with E-state index < -0.39 is 0 Å². The maximum atomic E-state index is 6.02. The van der Waals surface area contributed by atoms with Gasteiger partial charge in [0.2, 0.25) is 0 Å². The normalized spacial score (nSPS) is 37.0. The molecule has 0 aromatic heterocycles. The summed E-state index contributed by atoms with van der Waals surface area (Å²) in [4.78, 5) is 0. The minimum Gasteiger partial charge on any atom is -0.408 e. The second kappa shape index (κ2) is 7.02. The lowest BCUT2D eigenvalue weighted by atomic mass is 9.85. The van der Waals surface area contributed by atoms with Gasteiger partial charge in [0.1, 0.15) is 0 Å². The molecule has 6 nitrogen and oxygen atoms in total. The SMILES string of the molecule is CCB1OC[C@@H]2OB(CC)O[C@H]2[C@H]2OB(CC)O[C@@H]2CO1. The predicted molar refractivity (Wildman–Crippen MR) is 80.1 cm³/mol. The van der Waals surface area contributed by atoms with Crippen LogP contribution in [0.2, 0.25) is 19.0 Å². The van der Waals surface area contributed by atoms with Crippen molar-refractivity contribution in [1.29, 1.82) is 0 Å². The summed E-state index contributed by atoms with van der Waals surface area (Å²) >= 11 is 0. The Labute approximate surface area is 127 Å². The van der Waals surface area contributed by atoms with Crippen LogP contribution in [0.1, 0.15) is 20.8 Å². The fourth-order valence-electron chi connectivity index (χ4n) is 3.05. The number of fused-ring (bicyclic) bond motifs is 3. The molecule has 21 heavy (non-hydrogen) atoms. The van der Waals surface area contributed by atoms with Crippen molar-refractivity contribution in [1.82, 2.24) is 0 Å². The van der Waals surface area contributed by atoms with Crippen LogP contribution in [0.5, 0.6) is 0 Å². The van der Waals surface area contributed by atoms with Gasteiger partial charge in [0.05, 0.1) is 37.6 Å². The van der Waals surface area contributed by atoms with Crippen molar-refractivity contribution in [3.8, 4) is 0 Å². The van der Waals surface area contributed by atoms with Crippen molar-refractivity contribution >= 4 is 21.4 Å². The second-order valence-electron chi connectivity index (χ2n) is 5.73. The zero-order valence-electron chi connectivity index (χ0n) is 13.0. The highest BCUT2D eigenvalue weighted by atomic mass is 16.7. The molecule has 3 heterocycles. The lowest BCUT2D eigenvalue weighted by molar-refractivity contribution is 0.00239. The standard InChI is InChI=1S/C12H23B3O6/c1-4-13-16-7-9-11(20-14(5-2)18-9)12-10(8-17-13)19-15(6-3)21-12/h9-12H,4-8H2,1-3H3/t9-,10+,11+,12-. The van der Waals surface area contributed by atoms with Crippen LogP contribution >= 0.6 is 0 Å². The number of rotatable bonds is 3. The van der Waals surface area contributed by atoms with E-state index in [1.165, 1.54) is 0 Å². The lowest BCUT2D eigenvalue weighted by Gasteiger charge is -2.26. The van der Waals surface area contributed by atoms with Crippen molar-refractivity contribution in [2.45, 2.75) is 64.1 Å².